The van der Waals surface area contributed by atoms with E-state index in [9.17, 15) is 14.6 Å². The van der Waals surface area contributed by atoms with E-state index in [1.54, 1.807) is 0 Å². The SMILES string of the molecule is C=C(C)[C@@H]1CC[C@]2(CO)CC[C@]3(C)[C@H](CCC4[C@@]5(C)CC=C(c6ccc(O)c(F)c6)C(C)(C)C5CC[C@]43C)C12. The van der Waals surface area contributed by atoms with Crippen molar-refractivity contribution in [1.29, 1.82) is 0 Å². The van der Waals surface area contributed by atoms with Gasteiger partial charge in [0, 0.05) is 6.61 Å². The van der Waals surface area contributed by atoms with E-state index in [1.807, 2.05) is 6.07 Å². The number of benzene rings is 1. The van der Waals surface area contributed by atoms with Gasteiger partial charge in [-0.3, -0.25) is 0 Å². The van der Waals surface area contributed by atoms with Gasteiger partial charge in [-0.25, -0.2) is 4.39 Å². The Morgan fingerprint density at radius 1 is 0.949 bits per heavy atom. The number of hydrogen-bond donors (Lipinski definition) is 2. The Hall–Kier alpha value is -1.61. The van der Waals surface area contributed by atoms with Gasteiger partial charge in [-0.05, 0) is 145 Å². The molecule has 0 aliphatic heterocycles. The second kappa shape index (κ2) is 8.70. The van der Waals surface area contributed by atoms with Gasteiger partial charge in [0.2, 0.25) is 0 Å². The molecule has 0 radical (unpaired) electrons. The summed E-state index contributed by atoms with van der Waals surface area (Å²) in [6.45, 7) is 19.7. The fourth-order valence-corrected chi connectivity index (χ4v) is 12.3. The Morgan fingerprint density at radius 3 is 2.36 bits per heavy atom. The van der Waals surface area contributed by atoms with Crippen LogP contribution in [0.1, 0.15) is 105 Å². The standard InChI is InChI=1S/C36H51FO2/c1-22(2)24-12-17-36(21-38)19-18-34(6)26(31(24)36)9-11-30-33(5)15-13-25(23-8-10-28(39)27(37)20-23)32(3,4)29(33)14-16-35(30,34)7/h8,10,13,20,24,26,29-31,38-39H,1,9,11-12,14-19,21H2,2-7H3/t24-,26+,29?,30?,31?,33-,34+,35+,36+/m0/s1. The topological polar surface area (TPSA) is 40.5 Å². The molecule has 0 aromatic heterocycles. The molecule has 0 heterocycles. The molecule has 2 N–H and O–H groups in total. The van der Waals surface area contributed by atoms with E-state index in [0.717, 1.165) is 24.8 Å². The van der Waals surface area contributed by atoms with Gasteiger partial charge in [-0.15, -0.1) is 0 Å². The molecule has 2 nitrogen and oxygen atoms in total. The number of aliphatic hydroxyl groups excluding tert-OH is 1. The summed E-state index contributed by atoms with van der Waals surface area (Å²) >= 11 is 0. The van der Waals surface area contributed by atoms with Crippen LogP contribution >= 0.6 is 0 Å². The van der Waals surface area contributed by atoms with Crippen LogP contribution in [-0.2, 0) is 0 Å². The van der Waals surface area contributed by atoms with Crippen LogP contribution in [0, 0.1) is 62.5 Å². The van der Waals surface area contributed by atoms with Crippen molar-refractivity contribution in [1.82, 2.24) is 0 Å². The number of aromatic hydroxyl groups is 1. The zero-order valence-electron chi connectivity index (χ0n) is 25.2. The third-order valence-electron chi connectivity index (χ3n) is 14.4. The minimum absolute atomic E-state index is 0.0649. The highest BCUT2D eigenvalue weighted by atomic mass is 19.1. The highest BCUT2D eigenvalue weighted by Gasteiger charge is 2.70. The van der Waals surface area contributed by atoms with Gasteiger partial charge < -0.3 is 10.2 Å². The van der Waals surface area contributed by atoms with Crippen LogP contribution in [0.15, 0.2) is 36.4 Å². The van der Waals surface area contributed by atoms with Crippen molar-refractivity contribution < 1.29 is 14.6 Å². The average molecular weight is 535 g/mol. The second-order valence-electron chi connectivity index (χ2n) is 15.9. The van der Waals surface area contributed by atoms with Gasteiger partial charge in [0.15, 0.2) is 11.6 Å². The smallest absolute Gasteiger partial charge is 0.165 e. The van der Waals surface area contributed by atoms with Gasteiger partial charge in [0.25, 0.3) is 0 Å². The van der Waals surface area contributed by atoms with Gasteiger partial charge in [-0.2, -0.15) is 0 Å². The molecule has 3 unspecified atom stereocenters. The van der Waals surface area contributed by atoms with Crippen molar-refractivity contribution in [3.05, 3.63) is 47.8 Å². The average Bonchev–Trinajstić information content (AvgIpc) is 3.26. The molecule has 3 heteroatoms. The first-order valence-corrected chi connectivity index (χ1v) is 15.7. The number of phenolic OH excluding ortho intramolecular Hbond substituents is 1. The fraction of sp³-hybridized carbons (Fsp3) is 0.722. The van der Waals surface area contributed by atoms with E-state index in [0.29, 0.717) is 36.2 Å². The van der Waals surface area contributed by atoms with Gasteiger partial charge in [0.1, 0.15) is 0 Å². The van der Waals surface area contributed by atoms with Crippen LogP contribution in [-0.4, -0.2) is 16.8 Å². The molecule has 0 saturated heterocycles. The first-order chi connectivity index (χ1) is 18.2. The lowest BCUT2D eigenvalue weighted by atomic mass is 9.32. The van der Waals surface area contributed by atoms with Crippen LogP contribution in [0.4, 0.5) is 4.39 Å². The third-order valence-corrected chi connectivity index (χ3v) is 14.4. The van der Waals surface area contributed by atoms with Gasteiger partial charge >= 0.3 is 0 Å². The summed E-state index contributed by atoms with van der Waals surface area (Å²) in [5, 5.41) is 20.6. The minimum atomic E-state index is -0.531. The second-order valence-corrected chi connectivity index (χ2v) is 15.9. The molecule has 9 atom stereocenters. The Bertz CT molecular complexity index is 1210. The van der Waals surface area contributed by atoms with Crippen LogP contribution in [0.2, 0.25) is 0 Å². The summed E-state index contributed by atoms with van der Waals surface area (Å²) in [7, 11) is 0. The monoisotopic (exact) mass is 534 g/mol. The number of fused-ring (bicyclic) bond motifs is 7. The normalized spacial score (nSPS) is 46.4. The molecule has 0 spiro atoms. The molecular formula is C36H51FO2. The Balaban J connectivity index is 1.38. The summed E-state index contributed by atoms with van der Waals surface area (Å²) in [4.78, 5) is 0. The van der Waals surface area contributed by atoms with Crippen molar-refractivity contribution in [2.45, 2.75) is 99.3 Å². The Labute approximate surface area is 236 Å². The molecule has 0 bridgehead atoms. The summed E-state index contributed by atoms with van der Waals surface area (Å²) in [5.41, 5.74) is 4.29. The molecular weight excluding hydrogens is 483 g/mol. The van der Waals surface area contributed by atoms with Crippen LogP contribution in [0.25, 0.3) is 5.57 Å². The van der Waals surface area contributed by atoms with E-state index in [2.05, 4.69) is 54.2 Å². The molecule has 5 aliphatic rings. The van der Waals surface area contributed by atoms with E-state index in [4.69, 9.17) is 0 Å². The number of halogens is 1. The molecule has 214 valence electrons. The van der Waals surface area contributed by atoms with Crippen molar-refractivity contribution in [2.24, 2.45) is 56.7 Å². The van der Waals surface area contributed by atoms with Crippen LogP contribution < -0.4 is 0 Å². The molecule has 4 saturated carbocycles. The lowest BCUT2D eigenvalue weighted by molar-refractivity contribution is -0.228. The number of aliphatic hydroxyl groups is 1. The fourth-order valence-electron chi connectivity index (χ4n) is 12.3. The van der Waals surface area contributed by atoms with Crippen molar-refractivity contribution in [3.63, 3.8) is 0 Å². The quantitative estimate of drug-likeness (QED) is 0.380. The minimum Gasteiger partial charge on any atom is -0.505 e. The molecule has 6 rings (SSSR count). The maximum absolute atomic E-state index is 14.4. The summed E-state index contributed by atoms with van der Waals surface area (Å²) in [6.07, 6.45) is 13.2. The Kier molecular flexibility index (Phi) is 6.14. The molecule has 0 amide bonds. The lowest BCUT2D eigenvalue weighted by Crippen LogP contribution is -2.65. The van der Waals surface area contributed by atoms with E-state index in [-0.39, 0.29) is 32.8 Å². The Morgan fingerprint density at radius 2 is 1.69 bits per heavy atom. The first-order valence-electron chi connectivity index (χ1n) is 15.7. The molecule has 1 aromatic rings. The molecule has 1 aromatic carbocycles. The van der Waals surface area contributed by atoms with Crippen LogP contribution in [0.5, 0.6) is 5.75 Å². The van der Waals surface area contributed by atoms with E-state index < -0.39 is 5.82 Å². The summed E-state index contributed by atoms with van der Waals surface area (Å²) in [5.74, 6) is 2.17. The number of allylic oxidation sites excluding steroid dienone is 3. The number of rotatable bonds is 3. The maximum atomic E-state index is 14.4. The van der Waals surface area contributed by atoms with Gasteiger partial charge in [0.05, 0.1) is 0 Å². The van der Waals surface area contributed by atoms with Gasteiger partial charge in [-0.1, -0.05) is 58.9 Å². The highest BCUT2D eigenvalue weighted by Crippen LogP contribution is 2.77. The molecule has 4 fully saturated rings. The zero-order valence-corrected chi connectivity index (χ0v) is 25.2. The third kappa shape index (κ3) is 3.47. The van der Waals surface area contributed by atoms with Crippen molar-refractivity contribution in [2.75, 3.05) is 6.61 Å². The lowest BCUT2D eigenvalue weighted by Gasteiger charge is -2.72. The predicted octanol–water partition coefficient (Wildman–Crippen LogP) is 9.17. The zero-order chi connectivity index (χ0) is 28.2. The largest absolute Gasteiger partial charge is 0.505 e. The van der Waals surface area contributed by atoms with Crippen molar-refractivity contribution in [3.8, 4) is 5.75 Å². The summed E-state index contributed by atoms with van der Waals surface area (Å²) < 4.78 is 14.4. The van der Waals surface area contributed by atoms with E-state index >= 15 is 0 Å². The number of hydrogen-bond acceptors (Lipinski definition) is 2. The predicted molar refractivity (Wildman–Crippen MR) is 157 cm³/mol. The maximum Gasteiger partial charge on any atom is 0.165 e. The number of phenols is 1. The highest BCUT2D eigenvalue weighted by molar-refractivity contribution is 5.72. The van der Waals surface area contributed by atoms with Crippen LogP contribution in [0.3, 0.4) is 0 Å². The molecule has 39 heavy (non-hydrogen) atoms. The van der Waals surface area contributed by atoms with E-state index in [1.165, 1.54) is 61.8 Å². The first kappa shape index (κ1) is 27.6. The summed E-state index contributed by atoms with van der Waals surface area (Å²) in [6, 6.07) is 4.93. The molecule has 5 aliphatic carbocycles. The van der Waals surface area contributed by atoms with Crippen molar-refractivity contribution >= 4 is 5.57 Å².